The first-order chi connectivity index (χ1) is 19.1. The highest BCUT2D eigenvalue weighted by atomic mass is 32.2. The number of hydroxylamine groups is 1. The largest absolute Gasteiger partial charge is 0.486 e. The number of ether oxygens (including phenoxy) is 2. The highest BCUT2D eigenvalue weighted by molar-refractivity contribution is 7.92. The van der Waals surface area contributed by atoms with Crippen LogP contribution in [0.1, 0.15) is 64.0 Å². The van der Waals surface area contributed by atoms with Gasteiger partial charge in [0.1, 0.15) is 17.5 Å². The van der Waals surface area contributed by atoms with Crippen molar-refractivity contribution in [2.75, 3.05) is 10.8 Å². The van der Waals surface area contributed by atoms with Crippen molar-refractivity contribution in [3.8, 4) is 5.75 Å². The molecule has 1 atom stereocenters. The number of carbonyl (C=O) groups excluding carboxylic acids is 2. The van der Waals surface area contributed by atoms with Gasteiger partial charge in [0.15, 0.2) is 0 Å². The predicted octanol–water partition coefficient (Wildman–Crippen LogP) is 4.93. The van der Waals surface area contributed by atoms with E-state index in [0.717, 1.165) is 48.2 Å². The summed E-state index contributed by atoms with van der Waals surface area (Å²) in [6, 6.07) is 7.87. The lowest BCUT2D eigenvalue weighted by molar-refractivity contribution is -0.154. The van der Waals surface area contributed by atoms with Gasteiger partial charge in [-0.25, -0.2) is 13.9 Å². The molecule has 2 aromatic rings. The molecular formula is C28H33F3N2O7S. The Morgan fingerprint density at radius 2 is 1.78 bits per heavy atom. The Labute approximate surface area is 237 Å². The van der Waals surface area contributed by atoms with E-state index in [1.54, 1.807) is 26.8 Å². The van der Waals surface area contributed by atoms with Crippen LogP contribution in [0.15, 0.2) is 47.4 Å². The topological polar surface area (TPSA) is 111 Å². The summed E-state index contributed by atoms with van der Waals surface area (Å²) in [5.74, 6) is -0.976. The second kappa shape index (κ2) is 11.9. The number of sulfonamides is 1. The molecule has 0 bridgehead atoms. The normalized spacial score (nSPS) is 18.0. The summed E-state index contributed by atoms with van der Waals surface area (Å²) in [6.07, 6.45) is -2.60. The van der Waals surface area contributed by atoms with E-state index in [4.69, 9.17) is 14.3 Å². The van der Waals surface area contributed by atoms with Crippen molar-refractivity contribution in [3.63, 3.8) is 0 Å². The van der Waals surface area contributed by atoms with E-state index in [1.165, 1.54) is 12.1 Å². The lowest BCUT2D eigenvalue weighted by atomic mass is 10.1. The summed E-state index contributed by atoms with van der Waals surface area (Å²) in [5.41, 5.74) is 0.977. The van der Waals surface area contributed by atoms with Gasteiger partial charge < -0.3 is 9.47 Å². The van der Waals surface area contributed by atoms with E-state index < -0.39 is 50.2 Å². The summed E-state index contributed by atoms with van der Waals surface area (Å²) in [5, 5.41) is 0. The zero-order valence-electron chi connectivity index (χ0n) is 23.0. The number of hydrogen-bond donors (Lipinski definition) is 1. The Bertz CT molecular complexity index is 1380. The molecule has 1 saturated carbocycles. The number of carbonyl (C=O) groups is 2. The maximum Gasteiger partial charge on any atom is 0.416 e. The highest BCUT2D eigenvalue weighted by Gasteiger charge is 2.38. The molecule has 1 aliphatic carbocycles. The third-order valence-electron chi connectivity index (χ3n) is 6.53. The number of nitrogens with zero attached hydrogens (tertiary/aromatic N) is 1. The van der Waals surface area contributed by atoms with Gasteiger partial charge in [-0.05, 0) is 69.5 Å². The fourth-order valence-corrected chi connectivity index (χ4v) is 6.25. The van der Waals surface area contributed by atoms with Gasteiger partial charge >= 0.3 is 12.1 Å². The Morgan fingerprint density at radius 3 is 2.44 bits per heavy atom. The molecule has 1 heterocycles. The monoisotopic (exact) mass is 598 g/mol. The van der Waals surface area contributed by atoms with Gasteiger partial charge in [0.05, 0.1) is 41.6 Å². The van der Waals surface area contributed by atoms with Crippen molar-refractivity contribution in [2.45, 2.75) is 88.2 Å². The van der Waals surface area contributed by atoms with Gasteiger partial charge in [0, 0.05) is 0 Å². The third-order valence-corrected chi connectivity index (χ3v) is 8.30. The van der Waals surface area contributed by atoms with Gasteiger partial charge in [-0.1, -0.05) is 25.0 Å². The summed E-state index contributed by atoms with van der Waals surface area (Å²) in [7, 11) is -4.55. The Hall–Kier alpha value is -3.32. The molecule has 2 aliphatic rings. The smallest absolute Gasteiger partial charge is 0.416 e. The molecular weight excluding hydrogens is 565 g/mol. The number of anilines is 1. The molecule has 1 N–H and O–H groups in total. The van der Waals surface area contributed by atoms with Crippen LogP contribution in [0.2, 0.25) is 0 Å². The lowest BCUT2D eigenvalue weighted by Gasteiger charge is -2.35. The van der Waals surface area contributed by atoms with Crippen LogP contribution < -0.4 is 14.5 Å². The zero-order valence-corrected chi connectivity index (χ0v) is 23.8. The van der Waals surface area contributed by atoms with Gasteiger partial charge in [0.2, 0.25) is 5.91 Å². The Morgan fingerprint density at radius 1 is 1.07 bits per heavy atom. The molecule has 13 heteroatoms. The minimum Gasteiger partial charge on any atom is -0.486 e. The predicted molar refractivity (Wildman–Crippen MR) is 142 cm³/mol. The van der Waals surface area contributed by atoms with Crippen LogP contribution in [-0.2, 0) is 41.8 Å². The van der Waals surface area contributed by atoms with Crippen LogP contribution in [0, 0.1) is 0 Å². The fraction of sp³-hybridized carbons (Fsp3) is 0.500. The van der Waals surface area contributed by atoms with E-state index >= 15 is 0 Å². The average molecular weight is 599 g/mol. The quantitative estimate of drug-likeness (QED) is 0.339. The number of fused-ring (bicyclic) bond motifs is 1. The van der Waals surface area contributed by atoms with E-state index in [1.807, 2.05) is 0 Å². The standard InChI is InChI=1S/C28H33F3N2O7S/c1-27(2,3)39-26(35)14-18-11-12-24-23(13-18)33(41(36,37)22-10-6-7-19(15-22)28(29,30)31)17-21(38-24)16-25(34)32-40-20-8-4-5-9-20/h6-7,10-13,15,20-21H,4-5,8-9,14,16-17H2,1-3H3,(H,32,34)/t21-/m0/s1. The number of hydrogen-bond acceptors (Lipinski definition) is 7. The third kappa shape index (κ3) is 7.91. The number of esters is 1. The summed E-state index contributed by atoms with van der Waals surface area (Å²) >= 11 is 0. The summed E-state index contributed by atoms with van der Waals surface area (Å²) < 4.78 is 79.9. The van der Waals surface area contributed by atoms with Crippen LogP contribution >= 0.6 is 0 Å². The number of alkyl halides is 3. The van der Waals surface area contributed by atoms with Crippen molar-refractivity contribution in [3.05, 3.63) is 53.6 Å². The molecule has 0 radical (unpaired) electrons. The van der Waals surface area contributed by atoms with Gasteiger partial charge in [-0.3, -0.25) is 18.7 Å². The molecule has 2 aromatic carbocycles. The molecule has 1 amide bonds. The maximum absolute atomic E-state index is 13.8. The first-order valence-corrected chi connectivity index (χ1v) is 14.7. The van der Waals surface area contributed by atoms with Gasteiger partial charge in [-0.15, -0.1) is 0 Å². The number of benzene rings is 2. The average Bonchev–Trinajstić information content (AvgIpc) is 3.39. The van der Waals surface area contributed by atoms with Crippen molar-refractivity contribution in [1.82, 2.24) is 5.48 Å². The van der Waals surface area contributed by atoms with E-state index in [0.29, 0.717) is 11.6 Å². The summed E-state index contributed by atoms with van der Waals surface area (Å²) in [4.78, 5) is 29.9. The van der Waals surface area contributed by atoms with Crippen LogP contribution in [0.5, 0.6) is 5.75 Å². The molecule has 0 spiro atoms. The first-order valence-electron chi connectivity index (χ1n) is 13.3. The maximum atomic E-state index is 13.8. The molecule has 9 nitrogen and oxygen atoms in total. The first kappa shape index (κ1) is 30.6. The molecule has 224 valence electrons. The highest BCUT2D eigenvalue weighted by Crippen LogP contribution is 2.39. The molecule has 0 unspecified atom stereocenters. The van der Waals surface area contributed by atoms with Crippen LogP contribution in [-0.4, -0.2) is 44.6 Å². The minimum atomic E-state index is -4.75. The Kier molecular flexibility index (Phi) is 8.88. The zero-order chi connectivity index (χ0) is 30.0. The fourth-order valence-electron chi connectivity index (χ4n) is 4.71. The Balaban J connectivity index is 1.63. The van der Waals surface area contributed by atoms with Gasteiger partial charge in [0.25, 0.3) is 10.0 Å². The number of nitrogens with one attached hydrogen (secondary N) is 1. The van der Waals surface area contributed by atoms with E-state index in [-0.39, 0.29) is 36.9 Å². The molecule has 41 heavy (non-hydrogen) atoms. The van der Waals surface area contributed by atoms with Crippen LogP contribution in [0.3, 0.4) is 0 Å². The van der Waals surface area contributed by atoms with Crippen LogP contribution in [0.25, 0.3) is 0 Å². The minimum absolute atomic E-state index is 0.0299. The number of rotatable bonds is 8. The molecule has 1 fully saturated rings. The van der Waals surface area contributed by atoms with E-state index in [9.17, 15) is 31.2 Å². The molecule has 4 rings (SSSR count). The van der Waals surface area contributed by atoms with Crippen molar-refractivity contribution in [1.29, 1.82) is 0 Å². The summed E-state index contributed by atoms with van der Waals surface area (Å²) in [6.45, 7) is 4.77. The molecule has 1 aliphatic heterocycles. The number of amides is 1. The van der Waals surface area contributed by atoms with Crippen molar-refractivity contribution in [2.24, 2.45) is 0 Å². The van der Waals surface area contributed by atoms with Crippen molar-refractivity contribution >= 4 is 27.6 Å². The van der Waals surface area contributed by atoms with Crippen molar-refractivity contribution < 1.29 is 45.5 Å². The molecule has 0 aromatic heterocycles. The lowest BCUT2D eigenvalue weighted by Crippen LogP contribution is -2.45. The second-order valence-corrected chi connectivity index (χ2v) is 13.0. The SMILES string of the molecule is CC(C)(C)OC(=O)Cc1ccc2c(c1)N(S(=O)(=O)c1cccc(C(F)(F)F)c1)C[C@H](CC(=O)NOC1CCCC1)O2. The number of halogens is 3. The van der Waals surface area contributed by atoms with E-state index in [2.05, 4.69) is 5.48 Å². The van der Waals surface area contributed by atoms with Crippen LogP contribution in [0.4, 0.5) is 18.9 Å². The van der Waals surface area contributed by atoms with Gasteiger partial charge in [-0.2, -0.15) is 13.2 Å². The molecule has 0 saturated heterocycles. The second-order valence-electron chi connectivity index (χ2n) is 11.1.